The molecule has 3 N–H and O–H groups in total. The maximum atomic E-state index is 11.9. The largest absolute Gasteiger partial charge is 0.485 e. The summed E-state index contributed by atoms with van der Waals surface area (Å²) in [6.45, 7) is 3.81. The highest BCUT2D eigenvalue weighted by atomic mass is 16.5. The van der Waals surface area contributed by atoms with Gasteiger partial charge in [0.15, 0.2) is 0 Å². The number of hydrogen-bond donors (Lipinski definition) is 2. The Morgan fingerprint density at radius 2 is 2.20 bits per heavy atom. The van der Waals surface area contributed by atoms with E-state index in [1.165, 1.54) is 5.56 Å². The van der Waals surface area contributed by atoms with E-state index in [4.69, 9.17) is 10.5 Å². The van der Waals surface area contributed by atoms with E-state index in [0.29, 0.717) is 5.92 Å². The van der Waals surface area contributed by atoms with E-state index < -0.39 is 6.04 Å². The third-order valence-electron chi connectivity index (χ3n) is 4.62. The van der Waals surface area contributed by atoms with Crippen LogP contribution in [0.1, 0.15) is 44.6 Å². The second kappa shape index (κ2) is 4.77. The molecule has 4 atom stereocenters. The number of rotatable bonds is 2. The van der Waals surface area contributed by atoms with Crippen molar-refractivity contribution in [3.05, 3.63) is 29.8 Å². The first-order valence-electron chi connectivity index (χ1n) is 7.33. The van der Waals surface area contributed by atoms with Gasteiger partial charge in [-0.1, -0.05) is 18.2 Å². The van der Waals surface area contributed by atoms with Gasteiger partial charge in [0, 0.05) is 0 Å². The van der Waals surface area contributed by atoms with Gasteiger partial charge in [0.25, 0.3) is 0 Å². The molecular weight excluding hydrogens is 252 g/mol. The van der Waals surface area contributed by atoms with Gasteiger partial charge in [-0.15, -0.1) is 0 Å². The zero-order valence-corrected chi connectivity index (χ0v) is 12.1. The fourth-order valence-corrected chi connectivity index (χ4v) is 3.47. The summed E-state index contributed by atoms with van der Waals surface area (Å²) in [5.74, 6) is 1.40. The Morgan fingerprint density at radius 1 is 1.45 bits per heavy atom. The van der Waals surface area contributed by atoms with Crippen molar-refractivity contribution in [2.45, 2.75) is 56.7 Å². The SMILES string of the molecule is CC(N)C(=O)NC1CCC2CC1(C)Oc1ccccc12. The van der Waals surface area contributed by atoms with Crippen LogP contribution in [0.3, 0.4) is 0 Å². The molecule has 1 aliphatic heterocycles. The number of hydrogen-bond acceptors (Lipinski definition) is 3. The molecule has 4 heteroatoms. The first kappa shape index (κ1) is 13.4. The van der Waals surface area contributed by atoms with Gasteiger partial charge in [0.2, 0.25) is 5.91 Å². The van der Waals surface area contributed by atoms with Gasteiger partial charge in [0.05, 0.1) is 12.1 Å². The van der Waals surface area contributed by atoms with Crippen molar-refractivity contribution in [1.29, 1.82) is 0 Å². The average Bonchev–Trinajstić information content (AvgIpc) is 2.41. The van der Waals surface area contributed by atoms with Crippen LogP contribution < -0.4 is 15.8 Å². The second-order valence-electron chi connectivity index (χ2n) is 6.28. The van der Waals surface area contributed by atoms with Crippen molar-refractivity contribution in [1.82, 2.24) is 5.32 Å². The van der Waals surface area contributed by atoms with Crippen LogP contribution in [0, 0.1) is 0 Å². The molecule has 0 saturated heterocycles. The van der Waals surface area contributed by atoms with Gasteiger partial charge < -0.3 is 15.8 Å². The van der Waals surface area contributed by atoms with E-state index in [1.54, 1.807) is 6.92 Å². The van der Waals surface area contributed by atoms with Crippen LogP contribution >= 0.6 is 0 Å². The van der Waals surface area contributed by atoms with Crippen LogP contribution in [-0.2, 0) is 4.79 Å². The quantitative estimate of drug-likeness (QED) is 0.866. The molecule has 4 nitrogen and oxygen atoms in total. The summed E-state index contributed by atoms with van der Waals surface area (Å²) < 4.78 is 6.23. The third kappa shape index (κ3) is 2.18. The standard InChI is InChI=1S/C16H22N2O2/c1-10(17)15(19)18-14-8-7-11-9-16(14,2)20-13-6-4-3-5-12(11)13/h3-6,10-11,14H,7-9,17H2,1-2H3,(H,18,19). The van der Waals surface area contributed by atoms with E-state index >= 15 is 0 Å². The Kier molecular flexibility index (Phi) is 3.21. The molecule has 2 aliphatic rings. The summed E-state index contributed by atoms with van der Waals surface area (Å²) in [7, 11) is 0. The number of carbonyl (C=O) groups is 1. The second-order valence-corrected chi connectivity index (χ2v) is 6.28. The van der Waals surface area contributed by atoms with Crippen molar-refractivity contribution in [2.75, 3.05) is 0 Å². The normalized spacial score (nSPS) is 32.8. The number of fused-ring (bicyclic) bond motifs is 4. The predicted octanol–water partition coefficient (Wildman–Crippen LogP) is 1.94. The summed E-state index contributed by atoms with van der Waals surface area (Å²) >= 11 is 0. The topological polar surface area (TPSA) is 64.4 Å². The zero-order valence-electron chi connectivity index (χ0n) is 12.1. The molecule has 1 amide bonds. The van der Waals surface area contributed by atoms with Crippen molar-refractivity contribution in [2.24, 2.45) is 5.73 Å². The summed E-state index contributed by atoms with van der Waals surface area (Å²) in [6.07, 6.45) is 2.97. The molecule has 2 bridgehead atoms. The molecule has 108 valence electrons. The van der Waals surface area contributed by atoms with Crippen LogP contribution in [-0.4, -0.2) is 23.6 Å². The van der Waals surface area contributed by atoms with E-state index in [9.17, 15) is 4.79 Å². The average molecular weight is 274 g/mol. The molecule has 0 aromatic heterocycles. The summed E-state index contributed by atoms with van der Waals surface area (Å²) in [5.41, 5.74) is 6.62. The van der Waals surface area contributed by atoms with Gasteiger partial charge >= 0.3 is 0 Å². The minimum absolute atomic E-state index is 0.0330. The van der Waals surface area contributed by atoms with Crippen LogP contribution in [0.25, 0.3) is 0 Å². The van der Waals surface area contributed by atoms with Crippen molar-refractivity contribution in [3.8, 4) is 5.75 Å². The number of para-hydroxylation sites is 1. The molecule has 0 spiro atoms. The fourth-order valence-electron chi connectivity index (χ4n) is 3.47. The molecule has 1 saturated carbocycles. The lowest BCUT2D eigenvalue weighted by molar-refractivity contribution is -0.125. The molecule has 3 rings (SSSR count). The Morgan fingerprint density at radius 3 is 2.95 bits per heavy atom. The van der Waals surface area contributed by atoms with Gasteiger partial charge in [-0.3, -0.25) is 4.79 Å². The molecule has 1 heterocycles. The first-order valence-corrected chi connectivity index (χ1v) is 7.33. The van der Waals surface area contributed by atoms with Crippen molar-refractivity contribution >= 4 is 5.91 Å². The van der Waals surface area contributed by atoms with Gasteiger partial charge in [0.1, 0.15) is 11.4 Å². The molecule has 20 heavy (non-hydrogen) atoms. The number of benzene rings is 1. The lowest BCUT2D eigenvalue weighted by Gasteiger charge is -2.49. The summed E-state index contributed by atoms with van der Waals surface area (Å²) in [4.78, 5) is 11.9. The number of ether oxygens (including phenoxy) is 1. The number of amides is 1. The zero-order chi connectivity index (χ0) is 14.3. The highest BCUT2D eigenvalue weighted by Gasteiger charge is 2.47. The maximum absolute atomic E-state index is 11.9. The van der Waals surface area contributed by atoms with Gasteiger partial charge in [-0.25, -0.2) is 0 Å². The monoisotopic (exact) mass is 274 g/mol. The molecule has 1 aliphatic carbocycles. The van der Waals surface area contributed by atoms with Crippen molar-refractivity contribution in [3.63, 3.8) is 0 Å². The molecular formula is C16H22N2O2. The lowest BCUT2D eigenvalue weighted by Crippen LogP contribution is -2.60. The summed E-state index contributed by atoms with van der Waals surface area (Å²) in [5, 5.41) is 3.06. The number of nitrogens with two attached hydrogens (primary N) is 1. The van der Waals surface area contributed by atoms with E-state index in [-0.39, 0.29) is 17.6 Å². The van der Waals surface area contributed by atoms with E-state index in [2.05, 4.69) is 24.4 Å². The Balaban J connectivity index is 1.85. The number of carbonyl (C=O) groups excluding carboxylic acids is 1. The Hall–Kier alpha value is -1.55. The Labute approximate surface area is 119 Å². The fraction of sp³-hybridized carbons (Fsp3) is 0.562. The highest BCUT2D eigenvalue weighted by molar-refractivity contribution is 5.81. The maximum Gasteiger partial charge on any atom is 0.236 e. The van der Waals surface area contributed by atoms with Crippen LogP contribution in [0.2, 0.25) is 0 Å². The minimum atomic E-state index is -0.479. The van der Waals surface area contributed by atoms with Crippen LogP contribution in [0.15, 0.2) is 24.3 Å². The van der Waals surface area contributed by atoms with Crippen LogP contribution in [0.5, 0.6) is 5.75 Å². The predicted molar refractivity (Wildman–Crippen MR) is 77.6 cm³/mol. The lowest BCUT2D eigenvalue weighted by atomic mass is 9.71. The number of nitrogens with one attached hydrogen (secondary N) is 1. The van der Waals surface area contributed by atoms with Crippen molar-refractivity contribution < 1.29 is 9.53 Å². The molecule has 1 fully saturated rings. The first-order chi connectivity index (χ1) is 9.49. The Bertz CT molecular complexity index is 529. The van der Waals surface area contributed by atoms with Crippen LogP contribution in [0.4, 0.5) is 0 Å². The molecule has 1 aromatic rings. The molecule has 0 radical (unpaired) electrons. The smallest absolute Gasteiger partial charge is 0.236 e. The minimum Gasteiger partial charge on any atom is -0.485 e. The highest BCUT2D eigenvalue weighted by Crippen LogP contribution is 2.48. The summed E-state index contributed by atoms with van der Waals surface area (Å²) in [6, 6.07) is 7.79. The van der Waals surface area contributed by atoms with E-state index in [1.807, 2.05) is 12.1 Å². The molecule has 1 aromatic carbocycles. The third-order valence-corrected chi connectivity index (χ3v) is 4.62. The van der Waals surface area contributed by atoms with Gasteiger partial charge in [-0.05, 0) is 50.7 Å². The molecule has 4 unspecified atom stereocenters. The van der Waals surface area contributed by atoms with E-state index in [0.717, 1.165) is 25.0 Å². The van der Waals surface area contributed by atoms with Gasteiger partial charge in [-0.2, -0.15) is 0 Å².